The smallest absolute Gasteiger partial charge is 0.261 e. The maximum atomic E-state index is 13.7. The fraction of sp³-hybridized carbons (Fsp3) is 0.0769. The summed E-state index contributed by atoms with van der Waals surface area (Å²) < 4.78 is 55.4. The zero-order valence-corrected chi connectivity index (χ0v) is 13.5. The third kappa shape index (κ3) is 4.15. The predicted octanol–water partition coefficient (Wildman–Crippen LogP) is 4.23. The molecule has 8 heteroatoms. The van der Waals surface area contributed by atoms with Crippen molar-refractivity contribution >= 4 is 35.7 Å². The van der Waals surface area contributed by atoms with Gasteiger partial charge in [0.05, 0.1) is 4.90 Å². The first-order chi connectivity index (χ1) is 9.77. The summed E-state index contributed by atoms with van der Waals surface area (Å²) in [5.41, 5.74) is 0.700. The number of hydrogen-bond donors (Lipinski definition) is 0. The monoisotopic (exact) mass is 396 g/mol. The van der Waals surface area contributed by atoms with E-state index in [-0.39, 0.29) is 6.61 Å². The molecule has 0 aliphatic rings. The van der Waals surface area contributed by atoms with Gasteiger partial charge in [0.15, 0.2) is 17.4 Å². The van der Waals surface area contributed by atoms with Gasteiger partial charge in [0, 0.05) is 15.2 Å². The Kier molecular flexibility index (Phi) is 4.85. The first-order valence-electron chi connectivity index (χ1n) is 5.58. The molecule has 0 aromatic heterocycles. The van der Waals surface area contributed by atoms with E-state index in [1.807, 2.05) is 0 Å². The molecule has 0 spiro atoms. The van der Waals surface area contributed by atoms with Gasteiger partial charge in [-0.15, -0.1) is 0 Å². The number of ether oxygens (including phenoxy) is 1. The first kappa shape index (κ1) is 16.2. The molecule has 0 heterocycles. The Morgan fingerprint density at radius 2 is 1.62 bits per heavy atom. The van der Waals surface area contributed by atoms with Gasteiger partial charge in [0.2, 0.25) is 0 Å². The van der Waals surface area contributed by atoms with Gasteiger partial charge < -0.3 is 4.74 Å². The minimum absolute atomic E-state index is 0.0614. The van der Waals surface area contributed by atoms with Crippen LogP contribution in [0.5, 0.6) is 5.75 Å². The van der Waals surface area contributed by atoms with Crippen molar-refractivity contribution in [3.63, 3.8) is 0 Å². The molecule has 112 valence electrons. The van der Waals surface area contributed by atoms with Crippen molar-refractivity contribution < 1.29 is 21.9 Å². The third-order valence-corrected chi connectivity index (χ3v) is 4.41. The van der Waals surface area contributed by atoms with E-state index in [0.29, 0.717) is 17.7 Å². The summed E-state index contributed by atoms with van der Waals surface area (Å²) in [6.07, 6.45) is 0. The normalized spacial score (nSPS) is 11.4. The van der Waals surface area contributed by atoms with E-state index in [1.165, 1.54) is 0 Å². The van der Waals surface area contributed by atoms with Crippen LogP contribution in [0.15, 0.2) is 45.8 Å². The predicted molar refractivity (Wildman–Crippen MR) is 77.9 cm³/mol. The summed E-state index contributed by atoms with van der Waals surface area (Å²) in [6.45, 7) is -0.0614. The van der Waals surface area contributed by atoms with Crippen molar-refractivity contribution in [1.29, 1.82) is 0 Å². The molecule has 0 aliphatic carbocycles. The molecule has 0 saturated heterocycles. The number of rotatable bonds is 4. The lowest BCUT2D eigenvalue weighted by atomic mass is 10.2. The summed E-state index contributed by atoms with van der Waals surface area (Å²) in [7, 11) is 0.831. The molecule has 0 fully saturated rings. The van der Waals surface area contributed by atoms with Crippen LogP contribution in [0.25, 0.3) is 0 Å². The summed E-state index contributed by atoms with van der Waals surface area (Å²) in [5.74, 6) is -2.92. The number of hydrogen-bond acceptors (Lipinski definition) is 3. The molecular weight excluding hydrogens is 390 g/mol. The fourth-order valence-corrected chi connectivity index (χ4v) is 2.57. The topological polar surface area (TPSA) is 43.4 Å². The lowest BCUT2D eigenvalue weighted by Gasteiger charge is -2.09. The van der Waals surface area contributed by atoms with Gasteiger partial charge in [0.25, 0.3) is 9.05 Å². The standard InChI is InChI=1S/C13H8BrClF2O3S/c14-9-3-1-8(2-4-9)7-20-13-11(16)5-10(6-12(13)17)21(15,18)19/h1-6H,7H2. The van der Waals surface area contributed by atoms with Crippen LogP contribution in [0.1, 0.15) is 5.56 Å². The Morgan fingerprint density at radius 3 is 2.10 bits per heavy atom. The average molecular weight is 398 g/mol. The SMILES string of the molecule is O=S(=O)(Cl)c1cc(F)c(OCc2ccc(Br)cc2)c(F)c1. The van der Waals surface area contributed by atoms with Crippen LogP contribution in [-0.2, 0) is 15.7 Å². The Bertz CT molecular complexity index is 740. The van der Waals surface area contributed by atoms with Crippen LogP contribution in [-0.4, -0.2) is 8.42 Å². The summed E-state index contributed by atoms with van der Waals surface area (Å²) in [4.78, 5) is -0.657. The summed E-state index contributed by atoms with van der Waals surface area (Å²) >= 11 is 3.26. The van der Waals surface area contributed by atoms with E-state index < -0.39 is 31.3 Å². The molecule has 2 rings (SSSR count). The third-order valence-electron chi connectivity index (χ3n) is 2.55. The van der Waals surface area contributed by atoms with Gasteiger partial charge >= 0.3 is 0 Å². The number of halogens is 4. The van der Waals surface area contributed by atoms with Crippen molar-refractivity contribution in [2.24, 2.45) is 0 Å². The Morgan fingerprint density at radius 1 is 1.10 bits per heavy atom. The van der Waals surface area contributed by atoms with Crippen molar-refractivity contribution in [1.82, 2.24) is 0 Å². The molecule has 0 aliphatic heterocycles. The molecule has 0 N–H and O–H groups in total. The summed E-state index contributed by atoms with van der Waals surface area (Å²) in [5, 5.41) is 0. The van der Waals surface area contributed by atoms with Crippen LogP contribution < -0.4 is 4.74 Å². The minimum Gasteiger partial charge on any atom is -0.483 e. The van der Waals surface area contributed by atoms with Crippen LogP contribution in [0, 0.1) is 11.6 Å². The Balaban J connectivity index is 2.23. The molecule has 2 aromatic rings. The molecule has 0 atom stereocenters. The molecule has 0 saturated carbocycles. The van der Waals surface area contributed by atoms with Crippen molar-refractivity contribution in [3.05, 3.63) is 58.1 Å². The highest BCUT2D eigenvalue weighted by atomic mass is 79.9. The lowest BCUT2D eigenvalue weighted by molar-refractivity contribution is 0.273. The Hall–Kier alpha value is -1.18. The molecule has 21 heavy (non-hydrogen) atoms. The summed E-state index contributed by atoms with van der Waals surface area (Å²) in [6, 6.07) is 8.18. The molecular formula is C13H8BrClF2O3S. The van der Waals surface area contributed by atoms with Gasteiger partial charge in [-0.3, -0.25) is 0 Å². The van der Waals surface area contributed by atoms with Gasteiger partial charge in [-0.2, -0.15) is 0 Å². The fourth-order valence-electron chi connectivity index (χ4n) is 1.55. The van der Waals surface area contributed by atoms with E-state index in [4.69, 9.17) is 15.4 Å². The average Bonchev–Trinajstić information content (AvgIpc) is 2.38. The van der Waals surface area contributed by atoms with E-state index in [1.54, 1.807) is 24.3 Å². The molecule has 0 amide bonds. The van der Waals surface area contributed by atoms with Gasteiger partial charge in [-0.25, -0.2) is 17.2 Å². The lowest BCUT2D eigenvalue weighted by Crippen LogP contribution is -2.02. The van der Waals surface area contributed by atoms with E-state index in [0.717, 1.165) is 4.47 Å². The van der Waals surface area contributed by atoms with E-state index in [2.05, 4.69) is 15.9 Å². The highest BCUT2D eigenvalue weighted by Gasteiger charge is 2.19. The largest absolute Gasteiger partial charge is 0.483 e. The second kappa shape index (κ2) is 6.29. The first-order valence-corrected chi connectivity index (χ1v) is 8.68. The van der Waals surface area contributed by atoms with E-state index >= 15 is 0 Å². The zero-order valence-electron chi connectivity index (χ0n) is 10.3. The van der Waals surface area contributed by atoms with Gasteiger partial charge in [-0.1, -0.05) is 28.1 Å². The van der Waals surface area contributed by atoms with Gasteiger partial charge in [-0.05, 0) is 29.8 Å². The molecule has 3 nitrogen and oxygen atoms in total. The van der Waals surface area contributed by atoms with Crippen LogP contribution in [0.3, 0.4) is 0 Å². The number of benzene rings is 2. The highest BCUT2D eigenvalue weighted by molar-refractivity contribution is 9.10. The second-order valence-electron chi connectivity index (χ2n) is 4.07. The Labute approximate surface area is 133 Å². The van der Waals surface area contributed by atoms with E-state index in [9.17, 15) is 17.2 Å². The van der Waals surface area contributed by atoms with Crippen LogP contribution >= 0.6 is 26.6 Å². The van der Waals surface area contributed by atoms with Crippen molar-refractivity contribution in [3.8, 4) is 5.75 Å². The zero-order chi connectivity index (χ0) is 15.6. The quantitative estimate of drug-likeness (QED) is 0.725. The van der Waals surface area contributed by atoms with Crippen molar-refractivity contribution in [2.75, 3.05) is 0 Å². The molecule has 0 radical (unpaired) electrons. The molecule has 2 aromatic carbocycles. The molecule has 0 bridgehead atoms. The minimum atomic E-state index is -4.20. The molecule has 0 unspecified atom stereocenters. The maximum absolute atomic E-state index is 13.7. The van der Waals surface area contributed by atoms with Crippen LogP contribution in [0.4, 0.5) is 8.78 Å². The van der Waals surface area contributed by atoms with Crippen LogP contribution in [0.2, 0.25) is 0 Å². The van der Waals surface area contributed by atoms with Gasteiger partial charge in [0.1, 0.15) is 6.61 Å². The van der Waals surface area contributed by atoms with Crippen molar-refractivity contribution in [2.45, 2.75) is 11.5 Å². The maximum Gasteiger partial charge on any atom is 0.261 e. The second-order valence-corrected chi connectivity index (χ2v) is 7.55. The highest BCUT2D eigenvalue weighted by Crippen LogP contribution is 2.27.